The standard InChI is InChI=1S/C25H21N3O2S/c1-30-23-15-18(11-13-24(23)31-2)22(29)12-10-20-17-28(21-8-4-3-5-9-21)27-25(20)19-7-6-14-26-16-19/h3-17H,1-2H3/b12-10+. The zero-order valence-corrected chi connectivity index (χ0v) is 18.0. The Kier molecular flexibility index (Phi) is 6.29. The number of carbonyl (C=O) groups excluding carboxylic acids is 1. The number of allylic oxidation sites excluding steroid dienone is 1. The molecule has 4 aromatic rings. The van der Waals surface area contributed by atoms with Crippen molar-refractivity contribution in [3.63, 3.8) is 0 Å². The Morgan fingerprint density at radius 1 is 1.10 bits per heavy atom. The van der Waals surface area contributed by atoms with E-state index in [1.54, 1.807) is 49.5 Å². The largest absolute Gasteiger partial charge is 0.496 e. The van der Waals surface area contributed by atoms with Crippen molar-refractivity contribution in [2.45, 2.75) is 4.90 Å². The second-order valence-corrected chi connectivity index (χ2v) is 7.57. The Balaban J connectivity index is 1.69. The maximum absolute atomic E-state index is 12.8. The van der Waals surface area contributed by atoms with Crippen molar-refractivity contribution in [3.05, 3.63) is 96.5 Å². The van der Waals surface area contributed by atoms with Crippen LogP contribution in [-0.4, -0.2) is 33.9 Å². The molecule has 154 valence electrons. The summed E-state index contributed by atoms with van der Waals surface area (Å²) < 4.78 is 7.21. The molecule has 31 heavy (non-hydrogen) atoms. The number of rotatable bonds is 7. The zero-order valence-electron chi connectivity index (χ0n) is 17.2. The molecular formula is C25H21N3O2S. The average molecular weight is 428 g/mol. The van der Waals surface area contributed by atoms with Gasteiger partial charge in [-0.1, -0.05) is 18.2 Å². The molecular weight excluding hydrogens is 406 g/mol. The lowest BCUT2D eigenvalue weighted by molar-refractivity contribution is 0.104. The normalized spacial score (nSPS) is 11.0. The Morgan fingerprint density at radius 3 is 2.65 bits per heavy atom. The number of pyridine rings is 1. The third-order valence-corrected chi connectivity index (χ3v) is 5.56. The van der Waals surface area contributed by atoms with Crippen molar-refractivity contribution in [1.82, 2.24) is 14.8 Å². The zero-order chi connectivity index (χ0) is 21.6. The lowest BCUT2D eigenvalue weighted by Gasteiger charge is -2.07. The van der Waals surface area contributed by atoms with Gasteiger partial charge < -0.3 is 4.74 Å². The highest BCUT2D eigenvalue weighted by Crippen LogP contribution is 2.29. The van der Waals surface area contributed by atoms with E-state index in [4.69, 9.17) is 9.84 Å². The summed E-state index contributed by atoms with van der Waals surface area (Å²) in [7, 11) is 1.61. The molecule has 0 aliphatic carbocycles. The van der Waals surface area contributed by atoms with E-state index >= 15 is 0 Å². The molecule has 6 heteroatoms. The summed E-state index contributed by atoms with van der Waals surface area (Å²) in [5.74, 6) is 0.593. The quantitative estimate of drug-likeness (QED) is 0.220. The monoisotopic (exact) mass is 427 g/mol. The van der Waals surface area contributed by atoms with Crippen LogP contribution in [0.1, 0.15) is 15.9 Å². The van der Waals surface area contributed by atoms with Gasteiger partial charge in [-0.15, -0.1) is 11.8 Å². The molecule has 0 aliphatic rings. The van der Waals surface area contributed by atoms with Crippen molar-refractivity contribution >= 4 is 23.6 Å². The van der Waals surface area contributed by atoms with Gasteiger partial charge in [0.25, 0.3) is 0 Å². The fourth-order valence-corrected chi connectivity index (χ4v) is 3.75. The van der Waals surface area contributed by atoms with Gasteiger partial charge in [0.15, 0.2) is 5.78 Å². The highest BCUT2D eigenvalue weighted by Gasteiger charge is 2.12. The van der Waals surface area contributed by atoms with Crippen LogP contribution in [0.4, 0.5) is 0 Å². The minimum absolute atomic E-state index is 0.101. The van der Waals surface area contributed by atoms with E-state index in [2.05, 4.69) is 4.98 Å². The molecule has 0 amide bonds. The maximum atomic E-state index is 12.8. The molecule has 2 aromatic carbocycles. The van der Waals surface area contributed by atoms with Gasteiger partial charge in [-0.3, -0.25) is 9.78 Å². The smallest absolute Gasteiger partial charge is 0.185 e. The predicted octanol–water partition coefficient (Wildman–Crippen LogP) is 5.56. The molecule has 4 rings (SSSR count). The first-order valence-electron chi connectivity index (χ1n) is 9.69. The SMILES string of the molecule is COc1cc(C(=O)/C=C/c2cn(-c3ccccc3)nc2-c2cccnc2)ccc1SC. The Hall–Kier alpha value is -3.64. The summed E-state index contributed by atoms with van der Waals surface area (Å²) in [5, 5.41) is 4.74. The van der Waals surface area contributed by atoms with E-state index in [1.165, 1.54) is 0 Å². The molecule has 0 saturated heterocycles. The Bertz CT molecular complexity index is 1220. The maximum Gasteiger partial charge on any atom is 0.185 e. The molecule has 0 bridgehead atoms. The van der Waals surface area contributed by atoms with E-state index < -0.39 is 0 Å². The number of thioether (sulfide) groups is 1. The minimum atomic E-state index is -0.101. The van der Waals surface area contributed by atoms with Crippen LogP contribution in [0.25, 0.3) is 23.0 Å². The summed E-state index contributed by atoms with van der Waals surface area (Å²) in [5.41, 5.74) is 3.99. The first kappa shape index (κ1) is 20.6. The first-order valence-corrected chi connectivity index (χ1v) is 10.9. The van der Waals surface area contributed by atoms with Gasteiger partial charge in [0, 0.05) is 40.2 Å². The predicted molar refractivity (Wildman–Crippen MR) is 125 cm³/mol. The fraction of sp³-hybridized carbons (Fsp3) is 0.0800. The third-order valence-electron chi connectivity index (χ3n) is 4.78. The number of benzene rings is 2. The molecule has 0 radical (unpaired) electrons. The van der Waals surface area contributed by atoms with Gasteiger partial charge >= 0.3 is 0 Å². The van der Waals surface area contributed by atoms with E-state index in [9.17, 15) is 4.79 Å². The molecule has 0 N–H and O–H groups in total. The van der Waals surface area contributed by atoms with E-state index in [0.717, 1.165) is 27.4 Å². The van der Waals surface area contributed by atoms with Gasteiger partial charge in [0.2, 0.25) is 0 Å². The number of aromatic nitrogens is 3. The number of hydrogen-bond donors (Lipinski definition) is 0. The Morgan fingerprint density at radius 2 is 1.94 bits per heavy atom. The van der Waals surface area contributed by atoms with Crippen molar-refractivity contribution in [2.75, 3.05) is 13.4 Å². The molecule has 5 nitrogen and oxygen atoms in total. The summed E-state index contributed by atoms with van der Waals surface area (Å²) in [6, 6.07) is 19.2. The van der Waals surface area contributed by atoms with Crippen molar-refractivity contribution < 1.29 is 9.53 Å². The van der Waals surface area contributed by atoms with E-state index in [1.807, 2.05) is 71.7 Å². The number of methoxy groups -OCH3 is 1. The van der Waals surface area contributed by atoms with Crippen LogP contribution < -0.4 is 4.74 Å². The lowest BCUT2D eigenvalue weighted by Crippen LogP contribution is -1.96. The summed E-state index contributed by atoms with van der Waals surface area (Å²) in [6.07, 6.45) is 10.7. The molecule has 2 aromatic heterocycles. The summed E-state index contributed by atoms with van der Waals surface area (Å²) in [4.78, 5) is 18.0. The molecule has 0 spiro atoms. The third kappa shape index (κ3) is 4.59. The lowest BCUT2D eigenvalue weighted by atomic mass is 10.1. The van der Waals surface area contributed by atoms with Crippen LogP contribution in [0.15, 0.2) is 90.2 Å². The fourth-order valence-electron chi connectivity index (χ4n) is 3.20. The number of hydrogen-bond acceptors (Lipinski definition) is 5. The van der Waals surface area contributed by atoms with Crippen molar-refractivity contribution in [3.8, 4) is 22.7 Å². The molecule has 0 fully saturated rings. The molecule has 2 heterocycles. The highest BCUT2D eigenvalue weighted by molar-refractivity contribution is 7.98. The summed E-state index contributed by atoms with van der Waals surface area (Å²) in [6.45, 7) is 0. The van der Waals surface area contributed by atoms with Gasteiger partial charge in [-0.05, 0) is 60.9 Å². The van der Waals surface area contributed by atoms with Crippen LogP contribution >= 0.6 is 11.8 Å². The summed E-state index contributed by atoms with van der Waals surface area (Å²) >= 11 is 1.58. The van der Waals surface area contributed by atoms with Crippen LogP contribution in [0.5, 0.6) is 5.75 Å². The molecule has 0 saturated carbocycles. The number of ether oxygens (including phenoxy) is 1. The van der Waals surface area contributed by atoms with Crippen LogP contribution in [0, 0.1) is 0 Å². The van der Waals surface area contributed by atoms with Crippen molar-refractivity contribution in [1.29, 1.82) is 0 Å². The first-order chi connectivity index (χ1) is 15.2. The minimum Gasteiger partial charge on any atom is -0.496 e. The van der Waals surface area contributed by atoms with Gasteiger partial charge in [-0.2, -0.15) is 5.10 Å². The number of para-hydroxylation sites is 1. The van der Waals surface area contributed by atoms with Gasteiger partial charge in [-0.25, -0.2) is 4.68 Å². The average Bonchev–Trinajstić information content (AvgIpc) is 3.27. The van der Waals surface area contributed by atoms with Crippen LogP contribution in [0.3, 0.4) is 0 Å². The topological polar surface area (TPSA) is 57.0 Å². The Labute approximate surface area is 185 Å². The van der Waals surface area contributed by atoms with E-state index in [0.29, 0.717) is 11.3 Å². The second-order valence-electron chi connectivity index (χ2n) is 6.72. The van der Waals surface area contributed by atoms with Crippen LogP contribution in [0.2, 0.25) is 0 Å². The van der Waals surface area contributed by atoms with Gasteiger partial charge in [0.05, 0.1) is 12.8 Å². The second kappa shape index (κ2) is 9.45. The van der Waals surface area contributed by atoms with Crippen molar-refractivity contribution in [2.24, 2.45) is 0 Å². The number of ketones is 1. The van der Waals surface area contributed by atoms with Gasteiger partial charge in [0.1, 0.15) is 11.4 Å². The molecule has 0 aliphatic heterocycles. The highest BCUT2D eigenvalue weighted by atomic mass is 32.2. The number of nitrogens with zero attached hydrogens (tertiary/aromatic N) is 3. The molecule has 0 unspecified atom stereocenters. The number of carbonyl (C=O) groups is 1. The van der Waals surface area contributed by atoms with Crippen LogP contribution in [-0.2, 0) is 0 Å². The molecule has 0 atom stereocenters. The van der Waals surface area contributed by atoms with E-state index in [-0.39, 0.29) is 5.78 Å².